The summed E-state index contributed by atoms with van der Waals surface area (Å²) in [4.78, 5) is 26.7. The van der Waals surface area contributed by atoms with E-state index in [1.165, 1.54) is 10.5 Å². The van der Waals surface area contributed by atoms with Gasteiger partial charge < -0.3 is 14.6 Å². The van der Waals surface area contributed by atoms with Crippen molar-refractivity contribution >= 4 is 17.9 Å². The second-order valence-electron chi connectivity index (χ2n) is 7.17. The van der Waals surface area contributed by atoms with Crippen LogP contribution in [-0.4, -0.2) is 39.4 Å². The highest BCUT2D eigenvalue weighted by molar-refractivity contribution is 5.88. The van der Waals surface area contributed by atoms with Gasteiger partial charge in [-0.1, -0.05) is 54.8 Å². The Morgan fingerprint density at radius 3 is 2.77 bits per heavy atom. The molecule has 30 heavy (non-hydrogen) atoms. The molecule has 1 saturated heterocycles. The molecule has 9 nitrogen and oxygen atoms in total. The molecule has 1 atom stereocenters. The van der Waals surface area contributed by atoms with Gasteiger partial charge in [0.05, 0.1) is 6.54 Å². The van der Waals surface area contributed by atoms with Crippen molar-refractivity contribution in [2.45, 2.75) is 39.2 Å². The molecule has 1 aromatic carbocycles. The normalized spacial score (nSPS) is 14.6. The van der Waals surface area contributed by atoms with E-state index in [0.717, 1.165) is 24.8 Å². The Morgan fingerprint density at radius 2 is 2.03 bits per heavy atom. The number of hydrogen-bond acceptors (Lipinski definition) is 8. The zero-order chi connectivity index (χ0) is 20.9. The fraction of sp³-hybridized carbons (Fsp3) is 0.381. The van der Waals surface area contributed by atoms with Crippen LogP contribution in [0.4, 0.5) is 16.6 Å². The Kier molecular flexibility index (Phi) is 5.87. The molecule has 3 heterocycles. The van der Waals surface area contributed by atoms with Gasteiger partial charge >= 0.3 is 6.09 Å². The molecule has 0 saturated carbocycles. The lowest BCUT2D eigenvalue weighted by Crippen LogP contribution is -2.25. The molecule has 3 aromatic rings. The van der Waals surface area contributed by atoms with Crippen LogP contribution in [0.3, 0.4) is 0 Å². The third-order valence-corrected chi connectivity index (χ3v) is 4.88. The molecule has 9 heteroatoms. The Balaban J connectivity index is 1.55. The number of rotatable bonds is 8. The highest BCUT2D eigenvalue weighted by atomic mass is 16.6. The number of benzene rings is 1. The van der Waals surface area contributed by atoms with Crippen molar-refractivity contribution in [2.24, 2.45) is 0 Å². The zero-order valence-corrected chi connectivity index (χ0v) is 17.0. The smallest absolute Gasteiger partial charge is 0.415 e. The third kappa shape index (κ3) is 4.40. The molecule has 2 aromatic heterocycles. The SMILES string of the molecule is CCCCC(Nc1nccc(N2CCOC2=O)n1)c1nc(-c2ccc(C)cc2)no1. The number of unbranched alkanes of at least 4 members (excludes halogenated alkanes) is 1. The molecule has 156 valence electrons. The van der Waals surface area contributed by atoms with Crippen LogP contribution in [-0.2, 0) is 4.74 Å². The maximum atomic E-state index is 11.8. The molecule has 0 aliphatic carbocycles. The van der Waals surface area contributed by atoms with Crippen LogP contribution in [0.2, 0.25) is 0 Å². The number of ether oxygens (including phenoxy) is 1. The predicted octanol–water partition coefficient (Wildman–Crippen LogP) is 4.14. The first-order chi connectivity index (χ1) is 14.6. The molecule has 1 aliphatic heterocycles. The lowest BCUT2D eigenvalue weighted by Gasteiger charge is -2.16. The van der Waals surface area contributed by atoms with Crippen LogP contribution in [0, 0.1) is 6.92 Å². The summed E-state index contributed by atoms with van der Waals surface area (Å²) < 4.78 is 10.6. The minimum Gasteiger partial charge on any atom is -0.447 e. The summed E-state index contributed by atoms with van der Waals surface area (Å²) >= 11 is 0. The van der Waals surface area contributed by atoms with Crippen molar-refractivity contribution in [3.63, 3.8) is 0 Å². The molecule has 4 rings (SSSR count). The number of cyclic esters (lactones) is 1. The summed E-state index contributed by atoms with van der Waals surface area (Å²) in [6.45, 7) is 4.98. The molecule has 1 fully saturated rings. The van der Waals surface area contributed by atoms with Crippen molar-refractivity contribution < 1.29 is 14.1 Å². The second-order valence-corrected chi connectivity index (χ2v) is 7.17. The molecule has 1 aliphatic rings. The number of nitrogens with zero attached hydrogens (tertiary/aromatic N) is 5. The number of aromatic nitrogens is 4. The topological polar surface area (TPSA) is 106 Å². The van der Waals surface area contributed by atoms with Crippen LogP contribution < -0.4 is 10.2 Å². The van der Waals surface area contributed by atoms with Crippen molar-refractivity contribution in [1.29, 1.82) is 0 Å². The quantitative estimate of drug-likeness (QED) is 0.593. The van der Waals surface area contributed by atoms with Gasteiger partial charge in [-0.2, -0.15) is 9.97 Å². The molecule has 1 N–H and O–H groups in total. The van der Waals surface area contributed by atoms with E-state index in [4.69, 9.17) is 9.26 Å². The average molecular weight is 408 g/mol. The number of nitrogens with one attached hydrogen (secondary N) is 1. The Labute approximate surface area is 174 Å². The van der Waals surface area contributed by atoms with Crippen LogP contribution in [0.1, 0.15) is 43.7 Å². The highest BCUT2D eigenvalue weighted by Gasteiger charge is 2.26. The largest absolute Gasteiger partial charge is 0.447 e. The molecule has 1 amide bonds. The van der Waals surface area contributed by atoms with Gasteiger partial charge in [-0.3, -0.25) is 4.90 Å². The van der Waals surface area contributed by atoms with Gasteiger partial charge in [0.25, 0.3) is 0 Å². The van der Waals surface area contributed by atoms with E-state index in [2.05, 4.69) is 32.3 Å². The highest BCUT2D eigenvalue weighted by Crippen LogP contribution is 2.26. The van der Waals surface area contributed by atoms with Crippen LogP contribution in [0.15, 0.2) is 41.1 Å². The van der Waals surface area contributed by atoms with Crippen molar-refractivity contribution in [2.75, 3.05) is 23.4 Å². The van der Waals surface area contributed by atoms with Crippen molar-refractivity contribution in [3.8, 4) is 11.4 Å². The van der Waals surface area contributed by atoms with Gasteiger partial charge in [-0.25, -0.2) is 9.78 Å². The summed E-state index contributed by atoms with van der Waals surface area (Å²) in [7, 11) is 0. The molecule has 0 spiro atoms. The Bertz CT molecular complexity index is 1000. The Morgan fingerprint density at radius 1 is 1.20 bits per heavy atom. The minimum absolute atomic E-state index is 0.238. The van der Waals surface area contributed by atoms with E-state index in [9.17, 15) is 4.79 Å². The number of hydrogen-bond donors (Lipinski definition) is 1. The molecular weight excluding hydrogens is 384 g/mol. The summed E-state index contributed by atoms with van der Waals surface area (Å²) in [5.74, 6) is 1.91. The van der Waals surface area contributed by atoms with E-state index < -0.39 is 6.09 Å². The van der Waals surface area contributed by atoms with Crippen LogP contribution in [0.25, 0.3) is 11.4 Å². The molecule has 0 bridgehead atoms. The number of amides is 1. The fourth-order valence-electron chi connectivity index (χ4n) is 3.19. The minimum atomic E-state index is -0.401. The van der Waals surface area contributed by atoms with Crippen molar-refractivity contribution in [3.05, 3.63) is 48.0 Å². The van der Waals surface area contributed by atoms with E-state index >= 15 is 0 Å². The second kappa shape index (κ2) is 8.89. The summed E-state index contributed by atoms with van der Waals surface area (Å²) in [6, 6.07) is 9.42. The number of anilines is 2. The molecule has 0 radical (unpaired) electrons. The zero-order valence-electron chi connectivity index (χ0n) is 17.0. The van der Waals surface area contributed by atoms with Gasteiger partial charge in [0.1, 0.15) is 18.5 Å². The average Bonchev–Trinajstić information content (AvgIpc) is 3.41. The lowest BCUT2D eigenvalue weighted by molar-refractivity contribution is 0.181. The number of carbonyl (C=O) groups excluding carboxylic acids is 1. The van der Waals surface area contributed by atoms with Gasteiger partial charge in [-0.05, 0) is 19.4 Å². The first-order valence-electron chi connectivity index (χ1n) is 10.1. The summed E-state index contributed by atoms with van der Waals surface area (Å²) in [6.07, 6.45) is 3.99. The van der Waals surface area contributed by atoms with E-state index in [1.54, 1.807) is 12.3 Å². The fourth-order valence-corrected chi connectivity index (χ4v) is 3.19. The van der Waals surface area contributed by atoms with E-state index in [1.807, 2.05) is 31.2 Å². The molecular formula is C21H24N6O3. The summed E-state index contributed by atoms with van der Waals surface area (Å²) in [5.41, 5.74) is 2.07. The first kappa shape index (κ1) is 19.8. The van der Waals surface area contributed by atoms with Crippen LogP contribution in [0.5, 0.6) is 0 Å². The third-order valence-electron chi connectivity index (χ3n) is 4.88. The Hall–Kier alpha value is -3.49. The standard InChI is InChI=1S/C21H24N6O3/c1-3-4-5-16(19-25-18(26-30-19)15-8-6-14(2)7-9-15)23-20-22-11-10-17(24-20)27-12-13-29-21(27)28/h6-11,16H,3-5,12-13H2,1-2H3,(H,22,23,24). The lowest BCUT2D eigenvalue weighted by atomic mass is 10.1. The van der Waals surface area contributed by atoms with Crippen LogP contribution >= 0.6 is 0 Å². The van der Waals surface area contributed by atoms with E-state index in [0.29, 0.717) is 36.6 Å². The predicted molar refractivity (Wildman–Crippen MR) is 111 cm³/mol. The summed E-state index contributed by atoms with van der Waals surface area (Å²) in [5, 5.41) is 7.43. The number of aryl methyl sites for hydroxylation is 1. The number of carbonyl (C=O) groups is 1. The van der Waals surface area contributed by atoms with Gasteiger partial charge in [-0.15, -0.1) is 0 Å². The van der Waals surface area contributed by atoms with Gasteiger partial charge in [0, 0.05) is 11.8 Å². The van der Waals surface area contributed by atoms with E-state index in [-0.39, 0.29) is 6.04 Å². The van der Waals surface area contributed by atoms with Crippen molar-refractivity contribution in [1.82, 2.24) is 20.1 Å². The first-order valence-corrected chi connectivity index (χ1v) is 10.1. The van der Waals surface area contributed by atoms with Gasteiger partial charge in [0.2, 0.25) is 17.7 Å². The maximum Gasteiger partial charge on any atom is 0.415 e. The maximum absolute atomic E-state index is 11.8. The monoisotopic (exact) mass is 408 g/mol. The molecule has 1 unspecified atom stereocenters. The van der Waals surface area contributed by atoms with Gasteiger partial charge in [0.15, 0.2) is 0 Å².